The monoisotopic (exact) mass is 247 g/mol. The van der Waals surface area contributed by atoms with E-state index >= 15 is 0 Å². The summed E-state index contributed by atoms with van der Waals surface area (Å²) in [5.41, 5.74) is -0.796. The lowest BCUT2D eigenvalue weighted by molar-refractivity contribution is -0.141. The number of hydrogen-bond acceptors (Lipinski definition) is 3. The second kappa shape index (κ2) is 5.03. The van der Waals surface area contributed by atoms with Gasteiger partial charge in [-0.1, -0.05) is 0 Å². The zero-order valence-electron chi connectivity index (χ0n) is 9.30. The molecule has 1 rings (SSSR count). The number of rotatable bonds is 3. The van der Waals surface area contributed by atoms with Gasteiger partial charge in [0.1, 0.15) is 11.7 Å². The Balaban J connectivity index is 2.83. The van der Waals surface area contributed by atoms with Crippen LogP contribution in [0.4, 0.5) is 18.9 Å². The van der Waals surface area contributed by atoms with Crippen molar-refractivity contribution in [3.8, 4) is 0 Å². The Kier molecular flexibility index (Phi) is 3.93. The lowest BCUT2D eigenvalue weighted by Gasteiger charge is -2.14. The molecule has 0 spiro atoms. The number of alkyl halides is 3. The van der Waals surface area contributed by atoms with E-state index in [0.29, 0.717) is 0 Å². The summed E-state index contributed by atoms with van der Waals surface area (Å²) in [4.78, 5) is 14.4. The molecule has 4 nitrogen and oxygen atoms in total. The summed E-state index contributed by atoms with van der Waals surface area (Å²) in [6.07, 6.45) is -3.45. The topological polar surface area (TPSA) is 54.0 Å². The molecule has 1 unspecified atom stereocenters. The SMILES string of the molecule is CNC(=O)C(C)Nc1ccnc(C(F)(F)F)c1. The third kappa shape index (κ3) is 3.61. The molecule has 17 heavy (non-hydrogen) atoms. The van der Waals surface area contributed by atoms with Gasteiger partial charge in [-0.2, -0.15) is 13.2 Å². The first kappa shape index (κ1) is 13.3. The number of pyridine rings is 1. The third-order valence-corrected chi connectivity index (χ3v) is 2.07. The van der Waals surface area contributed by atoms with Crippen LogP contribution in [-0.2, 0) is 11.0 Å². The highest BCUT2D eigenvalue weighted by Gasteiger charge is 2.32. The van der Waals surface area contributed by atoms with Crippen molar-refractivity contribution < 1.29 is 18.0 Å². The quantitative estimate of drug-likeness (QED) is 0.853. The van der Waals surface area contributed by atoms with Crippen LogP contribution in [0.1, 0.15) is 12.6 Å². The van der Waals surface area contributed by atoms with Crippen LogP contribution in [0, 0.1) is 0 Å². The first-order valence-corrected chi connectivity index (χ1v) is 4.86. The minimum Gasteiger partial charge on any atom is -0.374 e. The molecule has 0 aliphatic rings. The van der Waals surface area contributed by atoms with E-state index < -0.39 is 17.9 Å². The van der Waals surface area contributed by atoms with Gasteiger partial charge in [0.05, 0.1) is 0 Å². The van der Waals surface area contributed by atoms with Crippen molar-refractivity contribution in [2.75, 3.05) is 12.4 Å². The zero-order valence-corrected chi connectivity index (χ0v) is 9.30. The smallest absolute Gasteiger partial charge is 0.374 e. The number of halogens is 3. The number of hydrogen-bond donors (Lipinski definition) is 2. The van der Waals surface area contributed by atoms with Crippen LogP contribution in [-0.4, -0.2) is 24.0 Å². The first-order valence-electron chi connectivity index (χ1n) is 4.86. The lowest BCUT2D eigenvalue weighted by Crippen LogP contribution is -2.35. The molecule has 0 saturated heterocycles. The predicted octanol–water partition coefficient (Wildman–Crippen LogP) is 1.65. The van der Waals surface area contributed by atoms with Crippen molar-refractivity contribution in [3.63, 3.8) is 0 Å². The normalized spacial score (nSPS) is 13.0. The molecule has 0 fully saturated rings. The Labute approximate surface area is 96.2 Å². The molecule has 0 aromatic carbocycles. The number of amides is 1. The van der Waals surface area contributed by atoms with Crippen LogP contribution >= 0.6 is 0 Å². The molecular weight excluding hydrogens is 235 g/mol. The van der Waals surface area contributed by atoms with Gasteiger partial charge < -0.3 is 10.6 Å². The van der Waals surface area contributed by atoms with Crippen LogP contribution in [0.5, 0.6) is 0 Å². The average molecular weight is 247 g/mol. The number of anilines is 1. The highest BCUT2D eigenvalue weighted by atomic mass is 19.4. The predicted molar refractivity (Wildman–Crippen MR) is 56.4 cm³/mol. The summed E-state index contributed by atoms with van der Waals surface area (Å²) >= 11 is 0. The Morgan fingerprint density at radius 2 is 2.12 bits per heavy atom. The van der Waals surface area contributed by atoms with Gasteiger partial charge in [-0.25, -0.2) is 0 Å². The second-order valence-corrected chi connectivity index (χ2v) is 3.41. The van der Waals surface area contributed by atoms with Crippen molar-refractivity contribution in [2.45, 2.75) is 19.1 Å². The van der Waals surface area contributed by atoms with E-state index in [2.05, 4.69) is 15.6 Å². The van der Waals surface area contributed by atoms with Gasteiger partial charge in [0.15, 0.2) is 0 Å². The van der Waals surface area contributed by atoms with E-state index in [1.807, 2.05) is 0 Å². The van der Waals surface area contributed by atoms with Crippen molar-refractivity contribution >= 4 is 11.6 Å². The number of carbonyl (C=O) groups is 1. The summed E-state index contributed by atoms with van der Waals surface area (Å²) in [5.74, 6) is -0.310. The van der Waals surface area contributed by atoms with Gasteiger partial charge in [-0.05, 0) is 19.1 Å². The van der Waals surface area contributed by atoms with Crippen LogP contribution in [0.25, 0.3) is 0 Å². The summed E-state index contributed by atoms with van der Waals surface area (Å²) in [6, 6.07) is 1.61. The molecule has 1 heterocycles. The second-order valence-electron chi connectivity index (χ2n) is 3.41. The van der Waals surface area contributed by atoms with Crippen LogP contribution in [0.3, 0.4) is 0 Å². The minimum absolute atomic E-state index is 0.198. The molecule has 1 aromatic heterocycles. The van der Waals surface area contributed by atoms with Crippen molar-refractivity contribution in [3.05, 3.63) is 24.0 Å². The fourth-order valence-corrected chi connectivity index (χ4v) is 1.21. The Morgan fingerprint density at radius 3 is 2.65 bits per heavy atom. The average Bonchev–Trinajstić information content (AvgIpc) is 2.27. The highest BCUT2D eigenvalue weighted by Crippen LogP contribution is 2.28. The molecule has 1 amide bonds. The largest absolute Gasteiger partial charge is 0.433 e. The Hall–Kier alpha value is -1.79. The van der Waals surface area contributed by atoms with E-state index in [9.17, 15) is 18.0 Å². The maximum absolute atomic E-state index is 12.4. The number of likely N-dealkylation sites (N-methyl/N-ethyl adjacent to an activating group) is 1. The Bertz CT molecular complexity index is 406. The molecule has 94 valence electrons. The van der Waals surface area contributed by atoms with Gasteiger partial charge in [0.25, 0.3) is 0 Å². The molecule has 0 radical (unpaired) electrons. The van der Waals surface area contributed by atoms with E-state index in [1.54, 1.807) is 6.92 Å². The lowest BCUT2D eigenvalue weighted by atomic mass is 10.2. The van der Waals surface area contributed by atoms with E-state index in [4.69, 9.17) is 0 Å². The fourth-order valence-electron chi connectivity index (χ4n) is 1.21. The van der Waals surface area contributed by atoms with Gasteiger partial charge in [0, 0.05) is 18.9 Å². The summed E-state index contributed by atoms with van der Waals surface area (Å²) in [5, 5.41) is 5.04. The van der Waals surface area contributed by atoms with E-state index in [-0.39, 0.29) is 11.6 Å². The highest BCUT2D eigenvalue weighted by molar-refractivity contribution is 5.83. The molecule has 0 bridgehead atoms. The number of carbonyl (C=O) groups excluding carboxylic acids is 1. The molecule has 1 atom stereocenters. The molecule has 2 N–H and O–H groups in total. The first-order chi connectivity index (χ1) is 7.84. The number of nitrogens with one attached hydrogen (secondary N) is 2. The van der Waals surface area contributed by atoms with Crippen LogP contribution in [0.15, 0.2) is 18.3 Å². The van der Waals surface area contributed by atoms with E-state index in [1.165, 1.54) is 13.1 Å². The molecular formula is C10H12F3N3O. The minimum atomic E-state index is -4.49. The van der Waals surface area contributed by atoms with Crippen LogP contribution < -0.4 is 10.6 Å². The summed E-state index contributed by atoms with van der Waals surface area (Å²) < 4.78 is 37.1. The van der Waals surface area contributed by atoms with Crippen molar-refractivity contribution in [1.82, 2.24) is 10.3 Å². The zero-order chi connectivity index (χ0) is 13.1. The third-order valence-electron chi connectivity index (χ3n) is 2.07. The maximum atomic E-state index is 12.4. The molecule has 7 heteroatoms. The van der Waals surface area contributed by atoms with Crippen molar-refractivity contribution in [1.29, 1.82) is 0 Å². The summed E-state index contributed by atoms with van der Waals surface area (Å²) in [6.45, 7) is 1.55. The molecule has 1 aromatic rings. The fraction of sp³-hybridized carbons (Fsp3) is 0.400. The number of nitrogens with zero attached hydrogens (tertiary/aromatic N) is 1. The van der Waals surface area contributed by atoms with Gasteiger partial charge in [-0.15, -0.1) is 0 Å². The van der Waals surface area contributed by atoms with Gasteiger partial charge in [0.2, 0.25) is 5.91 Å². The number of aromatic nitrogens is 1. The Morgan fingerprint density at radius 1 is 1.47 bits per heavy atom. The van der Waals surface area contributed by atoms with Crippen molar-refractivity contribution in [2.24, 2.45) is 0 Å². The van der Waals surface area contributed by atoms with Gasteiger partial charge in [-0.3, -0.25) is 9.78 Å². The standard InChI is InChI=1S/C10H12F3N3O/c1-6(9(17)14-2)16-7-3-4-15-8(5-7)10(11,12)13/h3-6H,1-2H3,(H,14,17)(H,15,16). The molecule has 0 aliphatic carbocycles. The molecule has 0 aliphatic heterocycles. The summed E-state index contributed by atoms with van der Waals surface area (Å²) in [7, 11) is 1.45. The van der Waals surface area contributed by atoms with Crippen LogP contribution in [0.2, 0.25) is 0 Å². The van der Waals surface area contributed by atoms with E-state index in [0.717, 1.165) is 12.3 Å². The maximum Gasteiger partial charge on any atom is 0.433 e. The van der Waals surface area contributed by atoms with Gasteiger partial charge >= 0.3 is 6.18 Å². The molecule has 0 saturated carbocycles.